The van der Waals surface area contributed by atoms with Crippen LogP contribution in [-0.4, -0.2) is 0 Å². The lowest BCUT2D eigenvalue weighted by atomic mass is 10.0. The van der Waals surface area contributed by atoms with Crippen LogP contribution in [0.2, 0.25) is 0 Å². The molecule has 78 valence electrons. The Morgan fingerprint density at radius 2 is 2.07 bits per heavy atom. The lowest BCUT2D eigenvalue weighted by molar-refractivity contribution is 0.607. The van der Waals surface area contributed by atoms with E-state index in [1.165, 1.54) is 18.9 Å². The van der Waals surface area contributed by atoms with Gasteiger partial charge in [-0.05, 0) is 52.4 Å². The Labute approximate surface area is 97.4 Å². The second-order valence-electron chi connectivity index (χ2n) is 3.54. The largest absolute Gasteiger partial charge is 0.324 e. The quantitative estimate of drug-likeness (QED) is 0.882. The van der Waals surface area contributed by atoms with Crippen LogP contribution in [0.4, 0.5) is 4.39 Å². The number of benzene rings is 1. The molecule has 1 aliphatic rings. The monoisotopic (exact) mass is 279 g/mol. The molecular formula is C10H12BrClFN. The minimum atomic E-state index is -0.230. The van der Waals surface area contributed by atoms with Gasteiger partial charge in [-0.3, -0.25) is 0 Å². The summed E-state index contributed by atoms with van der Waals surface area (Å²) in [6, 6.07) is 5.08. The van der Waals surface area contributed by atoms with Crippen LogP contribution >= 0.6 is 28.3 Å². The van der Waals surface area contributed by atoms with Gasteiger partial charge in [-0.25, -0.2) is 4.39 Å². The third-order valence-corrected chi connectivity index (χ3v) is 3.07. The number of halogens is 3. The second kappa shape index (κ2) is 4.60. The summed E-state index contributed by atoms with van der Waals surface area (Å²) in [5.74, 6) is 0.379. The van der Waals surface area contributed by atoms with Gasteiger partial charge in [-0.1, -0.05) is 6.07 Å². The number of hydrogen-bond donors (Lipinski definition) is 1. The minimum absolute atomic E-state index is 0. The smallest absolute Gasteiger partial charge is 0.137 e. The molecule has 14 heavy (non-hydrogen) atoms. The van der Waals surface area contributed by atoms with Crippen molar-refractivity contribution in [2.75, 3.05) is 0 Å². The standard InChI is InChI=1S/C10H11BrFN.ClH/c11-8-5-7(3-4-9(8)12)10(13)6-1-2-6;/h3-6,10H,1-2,13H2;1H/t10-;/m1./s1. The molecule has 1 aromatic rings. The topological polar surface area (TPSA) is 26.0 Å². The van der Waals surface area contributed by atoms with Gasteiger partial charge in [0, 0.05) is 6.04 Å². The van der Waals surface area contributed by atoms with Crippen molar-refractivity contribution in [3.8, 4) is 0 Å². The van der Waals surface area contributed by atoms with Crippen molar-refractivity contribution in [1.82, 2.24) is 0 Å². The highest BCUT2D eigenvalue weighted by Gasteiger charge is 2.29. The third-order valence-electron chi connectivity index (χ3n) is 2.46. The van der Waals surface area contributed by atoms with E-state index in [0.717, 1.165) is 5.56 Å². The molecule has 0 spiro atoms. The van der Waals surface area contributed by atoms with Crippen molar-refractivity contribution >= 4 is 28.3 Å². The Balaban J connectivity index is 0.000000980. The van der Waals surface area contributed by atoms with Crippen LogP contribution in [0.15, 0.2) is 22.7 Å². The van der Waals surface area contributed by atoms with Gasteiger partial charge in [-0.2, -0.15) is 0 Å². The van der Waals surface area contributed by atoms with Crippen molar-refractivity contribution in [1.29, 1.82) is 0 Å². The highest BCUT2D eigenvalue weighted by atomic mass is 79.9. The molecule has 0 saturated heterocycles. The molecular weight excluding hydrogens is 268 g/mol. The zero-order valence-electron chi connectivity index (χ0n) is 7.54. The molecule has 1 nitrogen and oxygen atoms in total. The van der Waals surface area contributed by atoms with Gasteiger partial charge in [-0.15, -0.1) is 12.4 Å². The fourth-order valence-electron chi connectivity index (χ4n) is 1.45. The number of hydrogen-bond acceptors (Lipinski definition) is 1. The molecule has 4 heteroatoms. The zero-order valence-corrected chi connectivity index (χ0v) is 9.94. The molecule has 0 bridgehead atoms. The Kier molecular flexibility index (Phi) is 3.93. The van der Waals surface area contributed by atoms with E-state index in [-0.39, 0.29) is 24.3 Å². The van der Waals surface area contributed by atoms with E-state index in [2.05, 4.69) is 15.9 Å². The maximum Gasteiger partial charge on any atom is 0.137 e. The summed E-state index contributed by atoms with van der Waals surface area (Å²) in [5.41, 5.74) is 7.00. The molecule has 1 atom stereocenters. The Morgan fingerprint density at radius 1 is 1.43 bits per heavy atom. The first-order chi connectivity index (χ1) is 6.18. The van der Waals surface area contributed by atoms with Gasteiger partial charge in [0.2, 0.25) is 0 Å². The minimum Gasteiger partial charge on any atom is -0.324 e. The van der Waals surface area contributed by atoms with E-state index in [0.29, 0.717) is 10.4 Å². The molecule has 0 radical (unpaired) electrons. The van der Waals surface area contributed by atoms with Gasteiger partial charge in [0.15, 0.2) is 0 Å². The maximum absolute atomic E-state index is 12.9. The molecule has 2 rings (SSSR count). The summed E-state index contributed by atoms with van der Waals surface area (Å²) in [4.78, 5) is 0. The lowest BCUT2D eigenvalue weighted by Crippen LogP contribution is -2.12. The zero-order chi connectivity index (χ0) is 9.42. The predicted octanol–water partition coefficient (Wildman–Crippen LogP) is 3.42. The molecule has 0 amide bonds. The summed E-state index contributed by atoms with van der Waals surface area (Å²) in [5, 5.41) is 0. The van der Waals surface area contributed by atoms with Crippen LogP contribution in [0, 0.1) is 11.7 Å². The fourth-order valence-corrected chi connectivity index (χ4v) is 1.84. The fraction of sp³-hybridized carbons (Fsp3) is 0.400. The normalized spacial score (nSPS) is 17.4. The molecule has 0 heterocycles. The number of rotatable bonds is 2. The summed E-state index contributed by atoms with van der Waals surface area (Å²) in [6.07, 6.45) is 2.41. The number of nitrogens with two attached hydrogens (primary N) is 1. The molecule has 1 saturated carbocycles. The lowest BCUT2D eigenvalue weighted by Gasteiger charge is -2.10. The van der Waals surface area contributed by atoms with Crippen LogP contribution in [0.1, 0.15) is 24.4 Å². The summed E-state index contributed by atoms with van der Waals surface area (Å²) in [7, 11) is 0. The molecule has 0 unspecified atom stereocenters. The molecule has 1 aromatic carbocycles. The SMILES string of the molecule is Cl.N[C@@H](c1ccc(F)c(Br)c1)C1CC1. The average Bonchev–Trinajstić information content (AvgIpc) is 2.91. The predicted molar refractivity (Wildman–Crippen MR) is 61.0 cm³/mol. The average molecular weight is 281 g/mol. The summed E-state index contributed by atoms with van der Waals surface area (Å²) in [6.45, 7) is 0. The van der Waals surface area contributed by atoms with Crippen LogP contribution in [0.25, 0.3) is 0 Å². The maximum atomic E-state index is 12.9. The van der Waals surface area contributed by atoms with Crippen LogP contribution in [0.5, 0.6) is 0 Å². The van der Waals surface area contributed by atoms with E-state index >= 15 is 0 Å². The molecule has 0 aliphatic heterocycles. The van der Waals surface area contributed by atoms with E-state index in [9.17, 15) is 4.39 Å². The van der Waals surface area contributed by atoms with Gasteiger partial charge in [0.25, 0.3) is 0 Å². The first-order valence-corrected chi connectivity index (χ1v) is 5.18. The van der Waals surface area contributed by atoms with Crippen molar-refractivity contribution < 1.29 is 4.39 Å². The van der Waals surface area contributed by atoms with Crippen molar-refractivity contribution in [2.45, 2.75) is 18.9 Å². The first-order valence-electron chi connectivity index (χ1n) is 4.39. The van der Waals surface area contributed by atoms with Crippen LogP contribution in [0.3, 0.4) is 0 Å². The van der Waals surface area contributed by atoms with Crippen molar-refractivity contribution in [3.63, 3.8) is 0 Å². The van der Waals surface area contributed by atoms with Crippen LogP contribution in [-0.2, 0) is 0 Å². The first kappa shape index (κ1) is 12.0. The molecule has 1 aliphatic carbocycles. The van der Waals surface area contributed by atoms with Gasteiger partial charge >= 0.3 is 0 Å². The van der Waals surface area contributed by atoms with E-state index in [1.54, 1.807) is 12.1 Å². The van der Waals surface area contributed by atoms with Crippen molar-refractivity contribution in [3.05, 3.63) is 34.1 Å². The van der Waals surface area contributed by atoms with Gasteiger partial charge in [0.1, 0.15) is 5.82 Å². The molecule has 0 aromatic heterocycles. The molecule has 1 fully saturated rings. The van der Waals surface area contributed by atoms with Gasteiger partial charge in [0.05, 0.1) is 4.47 Å². The summed E-state index contributed by atoms with van der Waals surface area (Å²) >= 11 is 3.15. The van der Waals surface area contributed by atoms with Crippen molar-refractivity contribution in [2.24, 2.45) is 11.7 Å². The molecule has 2 N–H and O–H groups in total. The highest BCUT2D eigenvalue weighted by Crippen LogP contribution is 2.39. The summed E-state index contributed by atoms with van der Waals surface area (Å²) < 4.78 is 13.4. The second-order valence-corrected chi connectivity index (χ2v) is 4.39. The Hall–Kier alpha value is -0.120. The highest BCUT2D eigenvalue weighted by molar-refractivity contribution is 9.10. The van der Waals surface area contributed by atoms with Crippen LogP contribution < -0.4 is 5.73 Å². The van der Waals surface area contributed by atoms with E-state index in [1.807, 2.05) is 0 Å². The van der Waals surface area contributed by atoms with E-state index in [4.69, 9.17) is 5.73 Å². The van der Waals surface area contributed by atoms with E-state index < -0.39 is 0 Å². The Bertz CT molecular complexity index is 328. The Morgan fingerprint density at radius 3 is 2.57 bits per heavy atom. The van der Waals surface area contributed by atoms with Gasteiger partial charge < -0.3 is 5.73 Å². The third kappa shape index (κ3) is 2.47.